The van der Waals surface area contributed by atoms with E-state index < -0.39 is 0 Å². The third-order valence-electron chi connectivity index (χ3n) is 2.83. The SMILES string of the molecule is CCC(NCc1cn2ccsc2n1)c1nccs1. The summed E-state index contributed by atoms with van der Waals surface area (Å²) in [4.78, 5) is 9.98. The fraction of sp³-hybridized carbons (Fsp3) is 0.333. The molecule has 1 unspecified atom stereocenters. The van der Waals surface area contributed by atoms with Crippen molar-refractivity contribution in [3.63, 3.8) is 0 Å². The summed E-state index contributed by atoms with van der Waals surface area (Å²) >= 11 is 3.36. The highest BCUT2D eigenvalue weighted by Gasteiger charge is 2.12. The second-order valence-corrected chi connectivity index (χ2v) is 5.84. The first-order valence-corrected chi connectivity index (χ1v) is 7.66. The molecule has 0 spiro atoms. The summed E-state index contributed by atoms with van der Waals surface area (Å²) < 4.78 is 2.06. The predicted octanol–water partition coefficient (Wildman–Crippen LogP) is 3.09. The Balaban J connectivity index is 1.68. The lowest BCUT2D eigenvalue weighted by atomic mass is 10.2. The molecular weight excluding hydrogens is 264 g/mol. The van der Waals surface area contributed by atoms with Gasteiger partial charge in [-0.25, -0.2) is 9.97 Å². The van der Waals surface area contributed by atoms with E-state index in [-0.39, 0.29) is 0 Å². The second kappa shape index (κ2) is 5.17. The van der Waals surface area contributed by atoms with Crippen molar-refractivity contribution < 1.29 is 0 Å². The average molecular weight is 278 g/mol. The highest BCUT2D eigenvalue weighted by Crippen LogP contribution is 2.19. The zero-order valence-electron chi connectivity index (χ0n) is 10.0. The second-order valence-electron chi connectivity index (χ2n) is 4.04. The quantitative estimate of drug-likeness (QED) is 0.780. The number of aromatic nitrogens is 3. The summed E-state index contributed by atoms with van der Waals surface area (Å²) in [5.74, 6) is 0. The molecule has 4 nitrogen and oxygen atoms in total. The van der Waals surface area contributed by atoms with E-state index in [1.165, 1.54) is 0 Å². The Kier molecular flexibility index (Phi) is 3.40. The number of imidazole rings is 1. The van der Waals surface area contributed by atoms with Crippen molar-refractivity contribution in [2.24, 2.45) is 0 Å². The lowest BCUT2D eigenvalue weighted by Crippen LogP contribution is -2.20. The van der Waals surface area contributed by atoms with Crippen LogP contribution < -0.4 is 5.32 Å². The molecule has 0 saturated heterocycles. The average Bonchev–Trinajstić information content (AvgIpc) is 3.04. The van der Waals surface area contributed by atoms with Gasteiger partial charge in [0, 0.05) is 35.9 Å². The van der Waals surface area contributed by atoms with Gasteiger partial charge < -0.3 is 5.32 Å². The summed E-state index contributed by atoms with van der Waals surface area (Å²) in [5, 5.41) is 8.73. The van der Waals surface area contributed by atoms with Crippen molar-refractivity contribution in [3.05, 3.63) is 40.1 Å². The van der Waals surface area contributed by atoms with Gasteiger partial charge in [-0.15, -0.1) is 22.7 Å². The number of nitrogens with zero attached hydrogens (tertiary/aromatic N) is 3. The van der Waals surface area contributed by atoms with E-state index in [0.29, 0.717) is 6.04 Å². The van der Waals surface area contributed by atoms with Crippen LogP contribution in [0.1, 0.15) is 30.1 Å². The molecule has 0 saturated carbocycles. The zero-order chi connectivity index (χ0) is 12.4. The molecule has 18 heavy (non-hydrogen) atoms. The number of fused-ring (bicyclic) bond motifs is 1. The Morgan fingerprint density at radius 1 is 1.39 bits per heavy atom. The molecule has 0 amide bonds. The fourth-order valence-corrected chi connectivity index (χ4v) is 3.42. The number of thiazole rings is 2. The first kappa shape index (κ1) is 11.8. The Morgan fingerprint density at radius 3 is 3.06 bits per heavy atom. The van der Waals surface area contributed by atoms with Gasteiger partial charge in [0.25, 0.3) is 0 Å². The van der Waals surface area contributed by atoms with Crippen LogP contribution in [0.25, 0.3) is 4.96 Å². The molecule has 0 bridgehead atoms. The third kappa shape index (κ3) is 2.31. The first-order valence-electron chi connectivity index (χ1n) is 5.90. The van der Waals surface area contributed by atoms with E-state index >= 15 is 0 Å². The van der Waals surface area contributed by atoms with Crippen LogP contribution >= 0.6 is 22.7 Å². The van der Waals surface area contributed by atoms with E-state index in [2.05, 4.69) is 32.8 Å². The standard InChI is InChI=1S/C12H14N4S2/c1-2-10(11-13-3-5-17-11)14-7-9-8-16-4-6-18-12(16)15-9/h3-6,8,10,14H,2,7H2,1H3. The summed E-state index contributed by atoms with van der Waals surface area (Å²) in [6.07, 6.45) is 7.01. The minimum atomic E-state index is 0.324. The van der Waals surface area contributed by atoms with Crippen LogP contribution in [0.5, 0.6) is 0 Å². The normalized spacial score (nSPS) is 13.2. The highest BCUT2D eigenvalue weighted by atomic mass is 32.1. The van der Waals surface area contributed by atoms with E-state index in [1.807, 2.05) is 23.2 Å². The van der Waals surface area contributed by atoms with Crippen molar-refractivity contribution >= 4 is 27.6 Å². The molecular formula is C12H14N4S2. The van der Waals surface area contributed by atoms with Crippen LogP contribution in [0.2, 0.25) is 0 Å². The van der Waals surface area contributed by atoms with Crippen LogP contribution in [0, 0.1) is 0 Å². The maximum atomic E-state index is 4.56. The Hall–Kier alpha value is -1.24. The van der Waals surface area contributed by atoms with Crippen molar-refractivity contribution in [2.45, 2.75) is 25.9 Å². The molecule has 0 aliphatic heterocycles. The molecule has 3 aromatic heterocycles. The molecule has 0 aromatic carbocycles. The molecule has 1 atom stereocenters. The minimum absolute atomic E-state index is 0.324. The molecule has 3 rings (SSSR count). The zero-order valence-corrected chi connectivity index (χ0v) is 11.7. The van der Waals surface area contributed by atoms with Crippen LogP contribution in [-0.2, 0) is 6.54 Å². The van der Waals surface area contributed by atoms with Crippen molar-refractivity contribution in [2.75, 3.05) is 0 Å². The third-order valence-corrected chi connectivity index (χ3v) is 4.49. The van der Waals surface area contributed by atoms with Gasteiger partial charge in [0.2, 0.25) is 0 Å². The molecule has 3 heterocycles. The molecule has 0 radical (unpaired) electrons. The topological polar surface area (TPSA) is 42.2 Å². The molecule has 3 aromatic rings. The number of nitrogens with one attached hydrogen (secondary N) is 1. The van der Waals surface area contributed by atoms with E-state index in [0.717, 1.165) is 28.6 Å². The van der Waals surface area contributed by atoms with Gasteiger partial charge in [0.1, 0.15) is 5.01 Å². The largest absolute Gasteiger partial charge is 0.302 e. The van der Waals surface area contributed by atoms with Gasteiger partial charge in [0.05, 0.1) is 11.7 Å². The monoisotopic (exact) mass is 278 g/mol. The smallest absolute Gasteiger partial charge is 0.193 e. The lowest BCUT2D eigenvalue weighted by Gasteiger charge is -2.12. The van der Waals surface area contributed by atoms with Crippen LogP contribution in [-0.4, -0.2) is 14.4 Å². The predicted molar refractivity (Wildman–Crippen MR) is 75.1 cm³/mol. The summed E-state index contributed by atoms with van der Waals surface area (Å²) in [5.41, 5.74) is 1.08. The molecule has 0 aliphatic carbocycles. The number of hydrogen-bond donors (Lipinski definition) is 1. The van der Waals surface area contributed by atoms with E-state index in [1.54, 1.807) is 22.7 Å². The molecule has 0 aliphatic rings. The molecule has 1 N–H and O–H groups in total. The van der Waals surface area contributed by atoms with E-state index in [9.17, 15) is 0 Å². The van der Waals surface area contributed by atoms with Gasteiger partial charge in [-0.1, -0.05) is 6.92 Å². The molecule has 6 heteroatoms. The van der Waals surface area contributed by atoms with Gasteiger partial charge in [-0.3, -0.25) is 4.40 Å². The van der Waals surface area contributed by atoms with Gasteiger partial charge in [-0.2, -0.15) is 0 Å². The summed E-state index contributed by atoms with van der Waals surface area (Å²) in [6.45, 7) is 2.96. The lowest BCUT2D eigenvalue weighted by molar-refractivity contribution is 0.513. The summed E-state index contributed by atoms with van der Waals surface area (Å²) in [7, 11) is 0. The van der Waals surface area contributed by atoms with E-state index in [4.69, 9.17) is 0 Å². The molecule has 94 valence electrons. The maximum absolute atomic E-state index is 4.56. The van der Waals surface area contributed by atoms with Crippen LogP contribution in [0.4, 0.5) is 0 Å². The van der Waals surface area contributed by atoms with Gasteiger partial charge in [0.15, 0.2) is 4.96 Å². The highest BCUT2D eigenvalue weighted by molar-refractivity contribution is 7.15. The first-order chi connectivity index (χ1) is 8.86. The van der Waals surface area contributed by atoms with Crippen molar-refractivity contribution in [1.29, 1.82) is 0 Å². The van der Waals surface area contributed by atoms with Crippen LogP contribution in [0.3, 0.4) is 0 Å². The minimum Gasteiger partial charge on any atom is -0.302 e. The van der Waals surface area contributed by atoms with Gasteiger partial charge in [-0.05, 0) is 6.42 Å². The van der Waals surface area contributed by atoms with Crippen molar-refractivity contribution in [1.82, 2.24) is 19.7 Å². The number of rotatable bonds is 5. The maximum Gasteiger partial charge on any atom is 0.193 e. The Labute approximate surface area is 113 Å². The van der Waals surface area contributed by atoms with Gasteiger partial charge >= 0.3 is 0 Å². The summed E-state index contributed by atoms with van der Waals surface area (Å²) in [6, 6.07) is 0.324. The van der Waals surface area contributed by atoms with Crippen LogP contribution in [0.15, 0.2) is 29.4 Å². The van der Waals surface area contributed by atoms with Crippen molar-refractivity contribution in [3.8, 4) is 0 Å². The Bertz CT molecular complexity index is 582. The Morgan fingerprint density at radius 2 is 2.33 bits per heavy atom. The fourth-order valence-electron chi connectivity index (χ4n) is 1.90. The molecule has 0 fully saturated rings. The number of hydrogen-bond acceptors (Lipinski definition) is 5.